The standard InChI is InChI=1S/C19H28FN5O2.HI/c1-13(2)18-24-17(27-25-18)9-6-10-22-19(21-4)23-12-14(3)26-16-8-5-7-15(20)11-16;/h5,7-8,11,13-14H,6,9-10,12H2,1-4H3,(H2,21,22,23);1H. The monoisotopic (exact) mass is 505 g/mol. The Kier molecular flexibility index (Phi) is 10.8. The molecular formula is C19H29FIN5O2. The van der Waals surface area contributed by atoms with Crippen LogP contribution in [0.3, 0.4) is 0 Å². The number of rotatable bonds is 9. The van der Waals surface area contributed by atoms with Gasteiger partial charge in [-0.2, -0.15) is 4.98 Å². The van der Waals surface area contributed by atoms with E-state index in [1.54, 1.807) is 19.2 Å². The highest BCUT2D eigenvalue weighted by Gasteiger charge is 2.10. The normalized spacial score (nSPS) is 12.4. The first kappa shape index (κ1) is 24.1. The maximum atomic E-state index is 13.2. The molecule has 0 amide bonds. The molecule has 0 aliphatic carbocycles. The number of halogens is 2. The molecule has 156 valence electrons. The summed E-state index contributed by atoms with van der Waals surface area (Å²) in [6.07, 6.45) is 1.41. The molecule has 0 aliphatic rings. The molecule has 0 spiro atoms. The van der Waals surface area contributed by atoms with Crippen molar-refractivity contribution in [3.8, 4) is 5.75 Å². The van der Waals surface area contributed by atoms with E-state index in [4.69, 9.17) is 9.26 Å². The second-order valence-corrected chi connectivity index (χ2v) is 6.57. The van der Waals surface area contributed by atoms with Crippen LogP contribution in [0.4, 0.5) is 4.39 Å². The third kappa shape index (κ3) is 8.41. The van der Waals surface area contributed by atoms with Gasteiger partial charge in [-0.3, -0.25) is 4.99 Å². The number of aryl methyl sites for hydroxylation is 1. The number of nitrogens with one attached hydrogen (secondary N) is 2. The molecular weight excluding hydrogens is 476 g/mol. The number of aliphatic imine (C=N–C) groups is 1. The number of ether oxygens (including phenoxy) is 1. The van der Waals surface area contributed by atoms with E-state index >= 15 is 0 Å². The van der Waals surface area contributed by atoms with Crippen molar-refractivity contribution < 1.29 is 13.7 Å². The summed E-state index contributed by atoms with van der Waals surface area (Å²) in [7, 11) is 1.71. The SMILES string of the molecule is CN=C(NCCCc1nc(C(C)C)no1)NCC(C)Oc1cccc(F)c1.I. The molecule has 0 radical (unpaired) electrons. The van der Waals surface area contributed by atoms with Crippen LogP contribution in [-0.4, -0.2) is 42.3 Å². The van der Waals surface area contributed by atoms with E-state index < -0.39 is 0 Å². The van der Waals surface area contributed by atoms with Gasteiger partial charge in [-0.15, -0.1) is 24.0 Å². The van der Waals surface area contributed by atoms with Crippen LogP contribution in [0, 0.1) is 5.82 Å². The lowest BCUT2D eigenvalue weighted by Gasteiger charge is -2.17. The zero-order valence-corrected chi connectivity index (χ0v) is 19.1. The quantitative estimate of drug-likeness (QED) is 0.235. The Balaban J connectivity index is 0.00000392. The van der Waals surface area contributed by atoms with Crippen molar-refractivity contribution in [2.24, 2.45) is 4.99 Å². The van der Waals surface area contributed by atoms with Crippen molar-refractivity contribution >= 4 is 29.9 Å². The predicted molar refractivity (Wildman–Crippen MR) is 118 cm³/mol. The zero-order valence-electron chi connectivity index (χ0n) is 16.7. The van der Waals surface area contributed by atoms with Gasteiger partial charge in [-0.05, 0) is 25.5 Å². The molecule has 1 unspecified atom stereocenters. The van der Waals surface area contributed by atoms with Crippen LogP contribution < -0.4 is 15.4 Å². The molecule has 1 aromatic heterocycles. The minimum Gasteiger partial charge on any atom is -0.489 e. The highest BCUT2D eigenvalue weighted by atomic mass is 127. The van der Waals surface area contributed by atoms with E-state index in [9.17, 15) is 4.39 Å². The molecule has 1 heterocycles. The molecule has 0 fully saturated rings. The molecule has 1 aromatic carbocycles. The Morgan fingerprint density at radius 3 is 2.71 bits per heavy atom. The van der Waals surface area contributed by atoms with E-state index in [0.29, 0.717) is 30.6 Å². The van der Waals surface area contributed by atoms with Crippen LogP contribution in [0.5, 0.6) is 5.75 Å². The summed E-state index contributed by atoms with van der Waals surface area (Å²) in [6, 6.07) is 6.11. The maximum Gasteiger partial charge on any atom is 0.226 e. The fourth-order valence-electron chi connectivity index (χ4n) is 2.33. The van der Waals surface area contributed by atoms with Gasteiger partial charge >= 0.3 is 0 Å². The highest BCUT2D eigenvalue weighted by molar-refractivity contribution is 14.0. The second-order valence-electron chi connectivity index (χ2n) is 6.57. The minimum atomic E-state index is -0.313. The number of hydrogen-bond acceptors (Lipinski definition) is 5. The summed E-state index contributed by atoms with van der Waals surface area (Å²) in [5.74, 6) is 2.53. The van der Waals surface area contributed by atoms with Gasteiger partial charge in [-0.1, -0.05) is 25.1 Å². The molecule has 0 aliphatic heterocycles. The number of aromatic nitrogens is 2. The van der Waals surface area contributed by atoms with E-state index in [1.807, 2.05) is 20.8 Å². The van der Waals surface area contributed by atoms with Crippen molar-refractivity contribution in [3.63, 3.8) is 0 Å². The van der Waals surface area contributed by atoms with Crippen LogP contribution in [0.1, 0.15) is 44.8 Å². The first-order chi connectivity index (χ1) is 13.0. The second kappa shape index (κ2) is 12.5. The van der Waals surface area contributed by atoms with E-state index in [0.717, 1.165) is 18.8 Å². The minimum absolute atomic E-state index is 0. The van der Waals surface area contributed by atoms with Gasteiger partial charge in [-0.25, -0.2) is 4.39 Å². The van der Waals surface area contributed by atoms with Gasteiger partial charge in [0.25, 0.3) is 0 Å². The van der Waals surface area contributed by atoms with Gasteiger partial charge < -0.3 is 19.9 Å². The largest absolute Gasteiger partial charge is 0.489 e. The van der Waals surface area contributed by atoms with E-state index in [-0.39, 0.29) is 41.8 Å². The van der Waals surface area contributed by atoms with Gasteiger partial charge in [0.2, 0.25) is 5.89 Å². The van der Waals surface area contributed by atoms with Gasteiger partial charge in [0.1, 0.15) is 17.7 Å². The summed E-state index contributed by atoms with van der Waals surface area (Å²) in [5, 5.41) is 10.4. The average molecular weight is 505 g/mol. The molecule has 0 saturated heterocycles. The lowest BCUT2D eigenvalue weighted by Crippen LogP contribution is -2.42. The Morgan fingerprint density at radius 1 is 1.29 bits per heavy atom. The number of benzene rings is 1. The summed E-state index contributed by atoms with van der Waals surface area (Å²) in [4.78, 5) is 8.54. The molecule has 2 N–H and O–H groups in total. The zero-order chi connectivity index (χ0) is 19.6. The molecule has 7 nitrogen and oxygen atoms in total. The van der Waals surface area contributed by atoms with Crippen LogP contribution in [-0.2, 0) is 6.42 Å². The molecule has 2 rings (SSSR count). The maximum absolute atomic E-state index is 13.2. The first-order valence-electron chi connectivity index (χ1n) is 9.17. The summed E-state index contributed by atoms with van der Waals surface area (Å²) in [6.45, 7) is 7.23. The van der Waals surface area contributed by atoms with Crippen LogP contribution in [0.15, 0.2) is 33.8 Å². The van der Waals surface area contributed by atoms with Crippen LogP contribution in [0.2, 0.25) is 0 Å². The van der Waals surface area contributed by atoms with Crippen LogP contribution >= 0.6 is 24.0 Å². The predicted octanol–water partition coefficient (Wildman–Crippen LogP) is 3.52. The smallest absolute Gasteiger partial charge is 0.226 e. The van der Waals surface area contributed by atoms with Crippen molar-refractivity contribution in [3.05, 3.63) is 41.8 Å². The molecule has 0 saturated carbocycles. The fraction of sp³-hybridized carbons (Fsp3) is 0.526. The summed E-state index contributed by atoms with van der Waals surface area (Å²) in [5.41, 5.74) is 0. The molecule has 9 heteroatoms. The van der Waals surface area contributed by atoms with Gasteiger partial charge in [0.05, 0.1) is 6.54 Å². The summed E-state index contributed by atoms with van der Waals surface area (Å²) < 4.78 is 24.1. The lowest BCUT2D eigenvalue weighted by atomic mass is 10.2. The third-order valence-electron chi connectivity index (χ3n) is 3.77. The van der Waals surface area contributed by atoms with Crippen LogP contribution in [0.25, 0.3) is 0 Å². The lowest BCUT2D eigenvalue weighted by molar-refractivity contribution is 0.223. The fourth-order valence-corrected chi connectivity index (χ4v) is 2.33. The van der Waals surface area contributed by atoms with Crippen molar-refractivity contribution in [2.45, 2.75) is 45.6 Å². The van der Waals surface area contributed by atoms with Gasteiger partial charge in [0.15, 0.2) is 11.8 Å². The van der Waals surface area contributed by atoms with Crippen molar-refractivity contribution in [1.29, 1.82) is 0 Å². The number of hydrogen-bond donors (Lipinski definition) is 2. The number of nitrogens with zero attached hydrogens (tertiary/aromatic N) is 3. The molecule has 2 aromatic rings. The molecule has 1 atom stereocenters. The average Bonchev–Trinajstić information content (AvgIpc) is 3.10. The Bertz CT molecular complexity index is 739. The first-order valence-corrected chi connectivity index (χ1v) is 9.17. The van der Waals surface area contributed by atoms with Crippen molar-refractivity contribution in [1.82, 2.24) is 20.8 Å². The molecule has 0 bridgehead atoms. The number of guanidine groups is 1. The van der Waals surface area contributed by atoms with E-state index in [1.165, 1.54) is 12.1 Å². The Morgan fingerprint density at radius 2 is 2.07 bits per heavy atom. The highest BCUT2D eigenvalue weighted by Crippen LogP contribution is 2.13. The topological polar surface area (TPSA) is 84.6 Å². The van der Waals surface area contributed by atoms with E-state index in [2.05, 4.69) is 25.8 Å². The van der Waals surface area contributed by atoms with Gasteiger partial charge in [0, 0.05) is 32.0 Å². The summed E-state index contributed by atoms with van der Waals surface area (Å²) >= 11 is 0. The Labute approximate surface area is 182 Å². The Hall–Kier alpha value is -1.91. The third-order valence-corrected chi connectivity index (χ3v) is 3.77. The van der Waals surface area contributed by atoms with Crippen molar-refractivity contribution in [2.75, 3.05) is 20.1 Å². The molecule has 28 heavy (non-hydrogen) atoms.